The first kappa shape index (κ1) is 14.4. The van der Waals surface area contributed by atoms with Crippen molar-refractivity contribution in [1.82, 2.24) is 0 Å². The van der Waals surface area contributed by atoms with Crippen molar-refractivity contribution in [3.63, 3.8) is 0 Å². The highest BCUT2D eigenvalue weighted by Gasteiger charge is 2.44. The van der Waals surface area contributed by atoms with Crippen LogP contribution in [-0.2, 0) is 14.4 Å². The molecule has 0 atom stereocenters. The standard InChI is InChI=1S/C10H16O6/c1-2-10(8(13)14,9(15)16)6-4-3-5-7(11)12/h2-6H2,1H3,(H,11,12)(H,13,14)(H,15,16). The van der Waals surface area contributed by atoms with Gasteiger partial charge in [-0.3, -0.25) is 14.4 Å². The lowest BCUT2D eigenvalue weighted by Crippen LogP contribution is -2.38. The van der Waals surface area contributed by atoms with Crippen molar-refractivity contribution in [2.45, 2.75) is 39.0 Å². The number of aliphatic carboxylic acids is 3. The Morgan fingerprint density at radius 3 is 1.81 bits per heavy atom. The van der Waals surface area contributed by atoms with Gasteiger partial charge in [0.25, 0.3) is 0 Å². The van der Waals surface area contributed by atoms with E-state index in [0.29, 0.717) is 0 Å². The molecule has 0 fully saturated rings. The normalized spacial score (nSPS) is 11.1. The lowest BCUT2D eigenvalue weighted by atomic mass is 9.80. The summed E-state index contributed by atoms with van der Waals surface area (Å²) in [6.45, 7) is 1.50. The lowest BCUT2D eigenvalue weighted by molar-refractivity contribution is -0.165. The van der Waals surface area contributed by atoms with Gasteiger partial charge >= 0.3 is 17.9 Å². The van der Waals surface area contributed by atoms with Gasteiger partial charge < -0.3 is 15.3 Å². The minimum absolute atomic E-state index is 0.00919. The van der Waals surface area contributed by atoms with Crippen LogP contribution in [0.3, 0.4) is 0 Å². The maximum absolute atomic E-state index is 10.9. The number of carbonyl (C=O) groups is 3. The van der Waals surface area contributed by atoms with Crippen molar-refractivity contribution in [1.29, 1.82) is 0 Å². The molecule has 0 heterocycles. The van der Waals surface area contributed by atoms with Crippen LogP contribution in [0.25, 0.3) is 0 Å². The number of carboxylic acids is 3. The van der Waals surface area contributed by atoms with Gasteiger partial charge in [0, 0.05) is 6.42 Å². The molecule has 92 valence electrons. The average molecular weight is 232 g/mol. The van der Waals surface area contributed by atoms with E-state index in [1.54, 1.807) is 0 Å². The fraction of sp³-hybridized carbons (Fsp3) is 0.700. The Hall–Kier alpha value is -1.59. The molecular formula is C10H16O6. The average Bonchev–Trinajstić information content (AvgIpc) is 2.16. The van der Waals surface area contributed by atoms with Gasteiger partial charge in [-0.15, -0.1) is 0 Å². The molecule has 0 aliphatic heterocycles. The second-order valence-electron chi connectivity index (χ2n) is 3.65. The van der Waals surface area contributed by atoms with Gasteiger partial charge in [0.1, 0.15) is 0 Å². The van der Waals surface area contributed by atoms with Crippen molar-refractivity contribution < 1.29 is 29.7 Å². The molecule has 0 aromatic heterocycles. The number of carboxylic acid groups (broad SMARTS) is 3. The van der Waals surface area contributed by atoms with Gasteiger partial charge in [0.15, 0.2) is 5.41 Å². The van der Waals surface area contributed by atoms with E-state index in [1.807, 2.05) is 0 Å². The molecule has 3 N–H and O–H groups in total. The highest BCUT2D eigenvalue weighted by molar-refractivity contribution is 5.98. The smallest absolute Gasteiger partial charge is 0.321 e. The van der Waals surface area contributed by atoms with Crippen LogP contribution in [0, 0.1) is 5.41 Å². The fourth-order valence-corrected chi connectivity index (χ4v) is 1.49. The largest absolute Gasteiger partial charge is 0.481 e. The Morgan fingerprint density at radius 1 is 1.00 bits per heavy atom. The summed E-state index contributed by atoms with van der Waals surface area (Å²) in [7, 11) is 0. The van der Waals surface area contributed by atoms with E-state index in [4.69, 9.17) is 15.3 Å². The Kier molecular flexibility index (Phi) is 5.49. The van der Waals surface area contributed by atoms with E-state index in [-0.39, 0.29) is 32.1 Å². The summed E-state index contributed by atoms with van der Waals surface area (Å²) in [6.07, 6.45) is 0.446. The highest BCUT2D eigenvalue weighted by atomic mass is 16.4. The third kappa shape index (κ3) is 3.52. The summed E-state index contributed by atoms with van der Waals surface area (Å²) in [5.41, 5.74) is -1.78. The number of hydrogen-bond acceptors (Lipinski definition) is 3. The maximum Gasteiger partial charge on any atom is 0.321 e. The topological polar surface area (TPSA) is 112 Å². The Morgan fingerprint density at radius 2 is 1.50 bits per heavy atom. The van der Waals surface area contributed by atoms with Crippen molar-refractivity contribution in [3.05, 3.63) is 0 Å². The molecule has 0 saturated heterocycles. The molecule has 0 aliphatic carbocycles. The minimum atomic E-state index is -1.78. The first-order valence-electron chi connectivity index (χ1n) is 5.05. The van der Waals surface area contributed by atoms with Gasteiger partial charge in [0.2, 0.25) is 0 Å². The molecule has 0 bridgehead atoms. The highest BCUT2D eigenvalue weighted by Crippen LogP contribution is 2.29. The van der Waals surface area contributed by atoms with E-state index >= 15 is 0 Å². The zero-order valence-electron chi connectivity index (χ0n) is 9.10. The molecule has 0 amide bonds. The second-order valence-corrected chi connectivity index (χ2v) is 3.65. The zero-order chi connectivity index (χ0) is 12.8. The SMILES string of the molecule is CCC(CCCCC(=O)O)(C(=O)O)C(=O)O. The second kappa shape index (κ2) is 6.09. The van der Waals surface area contributed by atoms with E-state index in [0.717, 1.165) is 0 Å². The van der Waals surface area contributed by atoms with E-state index < -0.39 is 23.3 Å². The van der Waals surface area contributed by atoms with Crippen LogP contribution in [0.1, 0.15) is 39.0 Å². The summed E-state index contributed by atoms with van der Waals surface area (Å²) >= 11 is 0. The number of hydrogen-bond donors (Lipinski definition) is 3. The molecule has 0 radical (unpaired) electrons. The van der Waals surface area contributed by atoms with Crippen LogP contribution in [-0.4, -0.2) is 33.2 Å². The van der Waals surface area contributed by atoms with Crippen molar-refractivity contribution >= 4 is 17.9 Å². The molecule has 0 unspecified atom stereocenters. The molecule has 0 saturated carbocycles. The molecule has 16 heavy (non-hydrogen) atoms. The molecule has 0 spiro atoms. The van der Waals surface area contributed by atoms with Gasteiger partial charge in [-0.25, -0.2) is 0 Å². The molecule has 6 nitrogen and oxygen atoms in total. The summed E-state index contributed by atoms with van der Waals surface area (Å²) in [5.74, 6) is -3.69. The third-order valence-electron chi connectivity index (χ3n) is 2.67. The van der Waals surface area contributed by atoms with Gasteiger partial charge in [-0.05, 0) is 19.3 Å². The van der Waals surface area contributed by atoms with Crippen molar-refractivity contribution in [2.75, 3.05) is 0 Å². The first-order chi connectivity index (χ1) is 7.36. The van der Waals surface area contributed by atoms with Gasteiger partial charge in [-0.1, -0.05) is 13.3 Å². The molecular weight excluding hydrogens is 216 g/mol. The number of rotatable bonds is 8. The zero-order valence-corrected chi connectivity index (χ0v) is 9.10. The lowest BCUT2D eigenvalue weighted by Gasteiger charge is -2.22. The molecule has 6 heteroatoms. The first-order valence-corrected chi connectivity index (χ1v) is 5.05. The van der Waals surface area contributed by atoms with E-state index in [1.165, 1.54) is 6.92 Å². The molecule has 0 rings (SSSR count). The monoisotopic (exact) mass is 232 g/mol. The number of unbranched alkanes of at least 4 members (excludes halogenated alkanes) is 1. The maximum atomic E-state index is 10.9. The minimum Gasteiger partial charge on any atom is -0.481 e. The predicted octanol–water partition coefficient (Wildman–Crippen LogP) is 1.20. The molecule has 0 aromatic carbocycles. The van der Waals surface area contributed by atoms with Gasteiger partial charge in [-0.2, -0.15) is 0 Å². The van der Waals surface area contributed by atoms with Crippen LogP contribution in [0.4, 0.5) is 0 Å². The van der Waals surface area contributed by atoms with Crippen LogP contribution < -0.4 is 0 Å². The summed E-state index contributed by atoms with van der Waals surface area (Å²) in [4.78, 5) is 32.1. The van der Waals surface area contributed by atoms with E-state index in [9.17, 15) is 14.4 Å². The fourth-order valence-electron chi connectivity index (χ4n) is 1.49. The molecule has 0 aliphatic rings. The van der Waals surface area contributed by atoms with Crippen LogP contribution >= 0.6 is 0 Å². The Balaban J connectivity index is 4.39. The van der Waals surface area contributed by atoms with Crippen LogP contribution in [0.5, 0.6) is 0 Å². The predicted molar refractivity (Wildman–Crippen MR) is 54.1 cm³/mol. The van der Waals surface area contributed by atoms with Gasteiger partial charge in [0.05, 0.1) is 0 Å². The van der Waals surface area contributed by atoms with Crippen molar-refractivity contribution in [2.24, 2.45) is 5.41 Å². The summed E-state index contributed by atoms with van der Waals surface area (Å²) in [6, 6.07) is 0. The summed E-state index contributed by atoms with van der Waals surface area (Å²) in [5, 5.41) is 26.2. The Labute approximate surface area is 92.9 Å². The van der Waals surface area contributed by atoms with Crippen LogP contribution in [0.2, 0.25) is 0 Å². The van der Waals surface area contributed by atoms with Crippen molar-refractivity contribution in [3.8, 4) is 0 Å². The van der Waals surface area contributed by atoms with Crippen LogP contribution in [0.15, 0.2) is 0 Å². The van der Waals surface area contributed by atoms with E-state index in [2.05, 4.69) is 0 Å². The Bertz CT molecular complexity index is 269. The quantitative estimate of drug-likeness (QED) is 0.428. The third-order valence-corrected chi connectivity index (χ3v) is 2.67. The summed E-state index contributed by atoms with van der Waals surface area (Å²) < 4.78 is 0. The molecule has 0 aromatic rings.